The van der Waals surface area contributed by atoms with Gasteiger partial charge >= 0.3 is 11.9 Å². The molecule has 1 N–H and O–H groups in total. The molecule has 0 radical (unpaired) electrons. The van der Waals surface area contributed by atoms with Crippen molar-refractivity contribution in [3.63, 3.8) is 0 Å². The van der Waals surface area contributed by atoms with E-state index in [9.17, 15) is 14.7 Å². The molecule has 0 spiro atoms. The Bertz CT molecular complexity index is 637. The molecule has 2 unspecified atom stereocenters. The second kappa shape index (κ2) is 8.16. The van der Waals surface area contributed by atoms with Crippen molar-refractivity contribution in [1.82, 2.24) is 0 Å². The van der Waals surface area contributed by atoms with Gasteiger partial charge in [-0.25, -0.2) is 0 Å². The standard InChI is InChI=1S/C19H26O4Si/c1-6-15(2)23-18(22)19(17(20)21,13-10-14-24(3,4)5)16-11-8-7-9-12-16/h7-9,11-12,15H,6,13H2,1-5H3,(H,20,21). The third-order valence-electron chi connectivity index (χ3n) is 3.68. The van der Waals surface area contributed by atoms with Gasteiger partial charge in [0.1, 0.15) is 8.07 Å². The highest BCUT2D eigenvalue weighted by Crippen LogP contribution is 2.31. The fourth-order valence-electron chi connectivity index (χ4n) is 2.11. The minimum Gasteiger partial charge on any atom is -0.480 e. The second-order valence-corrected chi connectivity index (χ2v) is 11.7. The number of esters is 1. The molecule has 0 bridgehead atoms. The first-order valence-corrected chi connectivity index (χ1v) is 11.6. The molecule has 0 aliphatic carbocycles. The van der Waals surface area contributed by atoms with Gasteiger partial charge in [0.2, 0.25) is 5.41 Å². The first-order chi connectivity index (χ1) is 11.1. The highest BCUT2D eigenvalue weighted by Gasteiger charge is 2.49. The van der Waals surface area contributed by atoms with Crippen LogP contribution in [0, 0.1) is 11.5 Å². The van der Waals surface area contributed by atoms with Crippen molar-refractivity contribution in [2.45, 2.75) is 57.8 Å². The molecule has 0 amide bonds. The summed E-state index contributed by atoms with van der Waals surface area (Å²) in [6.07, 6.45) is 0.188. The average Bonchev–Trinajstić information content (AvgIpc) is 2.50. The van der Waals surface area contributed by atoms with E-state index >= 15 is 0 Å². The van der Waals surface area contributed by atoms with Crippen molar-refractivity contribution in [2.24, 2.45) is 0 Å². The number of benzene rings is 1. The number of ether oxygens (including phenoxy) is 1. The molecule has 130 valence electrons. The van der Waals surface area contributed by atoms with E-state index in [0.717, 1.165) is 0 Å². The maximum absolute atomic E-state index is 12.8. The number of carbonyl (C=O) groups is 2. The van der Waals surface area contributed by atoms with Gasteiger partial charge in [-0.15, -0.1) is 11.5 Å². The van der Waals surface area contributed by atoms with Gasteiger partial charge in [-0.2, -0.15) is 0 Å². The Balaban J connectivity index is 3.38. The Morgan fingerprint density at radius 3 is 2.29 bits per heavy atom. The summed E-state index contributed by atoms with van der Waals surface area (Å²) in [5.41, 5.74) is 1.75. The molecule has 2 atom stereocenters. The third kappa shape index (κ3) is 4.97. The SMILES string of the molecule is CCC(C)OC(=O)C(CC#C[Si](C)(C)C)(C(=O)O)c1ccccc1. The quantitative estimate of drug-likeness (QED) is 0.370. The van der Waals surface area contributed by atoms with Crippen molar-refractivity contribution in [3.05, 3.63) is 35.9 Å². The lowest BCUT2D eigenvalue weighted by Crippen LogP contribution is -2.46. The average molecular weight is 346 g/mol. The molecular weight excluding hydrogens is 320 g/mol. The highest BCUT2D eigenvalue weighted by molar-refractivity contribution is 6.83. The molecule has 0 aromatic heterocycles. The van der Waals surface area contributed by atoms with Crippen LogP contribution in [-0.4, -0.2) is 31.2 Å². The van der Waals surface area contributed by atoms with Crippen LogP contribution in [0.2, 0.25) is 19.6 Å². The number of hydrogen-bond acceptors (Lipinski definition) is 3. The molecule has 5 heteroatoms. The van der Waals surface area contributed by atoms with E-state index in [1.54, 1.807) is 37.3 Å². The van der Waals surface area contributed by atoms with E-state index in [1.807, 2.05) is 6.92 Å². The van der Waals surface area contributed by atoms with Gasteiger partial charge in [-0.05, 0) is 18.9 Å². The molecule has 0 saturated heterocycles. The summed E-state index contributed by atoms with van der Waals surface area (Å²) in [7, 11) is -1.67. The zero-order valence-electron chi connectivity index (χ0n) is 15.1. The van der Waals surface area contributed by atoms with Crippen molar-refractivity contribution in [1.29, 1.82) is 0 Å². The Morgan fingerprint density at radius 2 is 1.83 bits per heavy atom. The molecule has 24 heavy (non-hydrogen) atoms. The van der Waals surface area contributed by atoms with Crippen LogP contribution in [-0.2, 0) is 19.7 Å². The van der Waals surface area contributed by atoms with Crippen molar-refractivity contribution in [2.75, 3.05) is 0 Å². The smallest absolute Gasteiger partial charge is 0.329 e. The van der Waals surface area contributed by atoms with Crippen LogP contribution in [0.5, 0.6) is 0 Å². The predicted octanol–water partition coefficient (Wildman–Crippen LogP) is 3.62. The Labute approximate surface area is 145 Å². The largest absolute Gasteiger partial charge is 0.480 e. The molecule has 0 saturated carbocycles. The van der Waals surface area contributed by atoms with Gasteiger partial charge in [0, 0.05) is 6.42 Å². The molecule has 0 aliphatic heterocycles. The van der Waals surface area contributed by atoms with Crippen LogP contribution in [0.15, 0.2) is 30.3 Å². The fourth-order valence-corrected chi connectivity index (χ4v) is 2.73. The molecular formula is C19H26O4Si. The minimum atomic E-state index is -1.79. The van der Waals surface area contributed by atoms with Crippen molar-refractivity contribution >= 4 is 20.0 Å². The van der Waals surface area contributed by atoms with Crippen LogP contribution >= 0.6 is 0 Å². The van der Waals surface area contributed by atoms with E-state index in [-0.39, 0.29) is 12.5 Å². The molecule has 0 fully saturated rings. The minimum absolute atomic E-state index is 0.0914. The lowest BCUT2D eigenvalue weighted by atomic mass is 9.77. The third-order valence-corrected chi connectivity index (χ3v) is 4.61. The van der Waals surface area contributed by atoms with Crippen LogP contribution < -0.4 is 0 Å². The lowest BCUT2D eigenvalue weighted by Gasteiger charge is -2.27. The number of carboxylic acid groups (broad SMARTS) is 1. The number of aliphatic carboxylic acids is 1. The number of hydrogen-bond donors (Lipinski definition) is 1. The van der Waals surface area contributed by atoms with Crippen molar-refractivity contribution in [3.8, 4) is 11.5 Å². The number of rotatable bonds is 6. The highest BCUT2D eigenvalue weighted by atomic mass is 28.3. The predicted molar refractivity (Wildman–Crippen MR) is 97.3 cm³/mol. The zero-order valence-corrected chi connectivity index (χ0v) is 16.1. The van der Waals surface area contributed by atoms with Crippen LogP contribution in [0.4, 0.5) is 0 Å². The molecule has 1 rings (SSSR count). The molecule has 0 heterocycles. The van der Waals surface area contributed by atoms with Gasteiger partial charge < -0.3 is 9.84 Å². The van der Waals surface area contributed by atoms with E-state index in [2.05, 4.69) is 31.1 Å². The Hall–Kier alpha value is -2.06. The van der Waals surface area contributed by atoms with Crippen molar-refractivity contribution < 1.29 is 19.4 Å². The zero-order chi connectivity index (χ0) is 18.4. The van der Waals surface area contributed by atoms with Gasteiger partial charge in [-0.3, -0.25) is 9.59 Å². The van der Waals surface area contributed by atoms with Gasteiger partial charge in [0.05, 0.1) is 6.10 Å². The number of carboxylic acids is 1. The maximum Gasteiger partial charge on any atom is 0.329 e. The topological polar surface area (TPSA) is 63.6 Å². The normalized spacial score (nSPS) is 14.7. The summed E-state index contributed by atoms with van der Waals surface area (Å²) in [6, 6.07) is 8.50. The Kier molecular flexibility index (Phi) is 6.79. The molecule has 0 aliphatic rings. The Morgan fingerprint density at radius 1 is 1.25 bits per heavy atom. The maximum atomic E-state index is 12.8. The summed E-state index contributed by atoms with van der Waals surface area (Å²) in [5, 5.41) is 9.91. The first-order valence-electron chi connectivity index (χ1n) is 8.13. The van der Waals surface area contributed by atoms with Crippen LogP contribution in [0.25, 0.3) is 0 Å². The van der Waals surface area contributed by atoms with Gasteiger partial charge in [0.15, 0.2) is 0 Å². The van der Waals surface area contributed by atoms with E-state index in [0.29, 0.717) is 12.0 Å². The lowest BCUT2D eigenvalue weighted by molar-refractivity contribution is -0.164. The molecule has 1 aromatic carbocycles. The summed E-state index contributed by atoms with van der Waals surface area (Å²) in [4.78, 5) is 24.9. The second-order valence-electron chi connectivity index (χ2n) is 6.93. The molecule has 1 aromatic rings. The molecule has 4 nitrogen and oxygen atoms in total. The summed E-state index contributed by atoms with van der Waals surface area (Å²) >= 11 is 0. The van der Waals surface area contributed by atoms with E-state index in [4.69, 9.17) is 4.74 Å². The van der Waals surface area contributed by atoms with Crippen LogP contribution in [0.1, 0.15) is 32.3 Å². The summed E-state index contributed by atoms with van der Waals surface area (Å²) < 4.78 is 5.39. The number of carbonyl (C=O) groups excluding carboxylic acids is 1. The first kappa shape index (κ1) is 20.0. The van der Waals surface area contributed by atoms with Crippen LogP contribution in [0.3, 0.4) is 0 Å². The van der Waals surface area contributed by atoms with Gasteiger partial charge in [-0.1, -0.05) is 56.9 Å². The van der Waals surface area contributed by atoms with E-state index < -0.39 is 25.4 Å². The fraction of sp³-hybridized carbons (Fsp3) is 0.474. The van der Waals surface area contributed by atoms with E-state index in [1.165, 1.54) is 0 Å². The monoisotopic (exact) mass is 346 g/mol. The van der Waals surface area contributed by atoms with Gasteiger partial charge in [0.25, 0.3) is 0 Å². The summed E-state index contributed by atoms with van der Waals surface area (Å²) in [6.45, 7) is 9.85. The summed E-state index contributed by atoms with van der Waals surface area (Å²) in [5.74, 6) is 0.969.